The lowest BCUT2D eigenvalue weighted by atomic mass is 9.95. The molecule has 6 nitrogen and oxygen atoms in total. The summed E-state index contributed by atoms with van der Waals surface area (Å²) >= 11 is 1.60. The minimum Gasteiger partial charge on any atom is -0.370 e. The first-order chi connectivity index (χ1) is 9.73. The first-order valence-electron chi connectivity index (χ1n) is 7.35. The molecule has 0 radical (unpaired) electrons. The summed E-state index contributed by atoms with van der Waals surface area (Å²) in [6.45, 7) is 0.808. The lowest BCUT2D eigenvalue weighted by Crippen LogP contribution is -2.38. The van der Waals surface area contributed by atoms with Gasteiger partial charge in [0, 0.05) is 18.6 Å². The van der Waals surface area contributed by atoms with Crippen molar-refractivity contribution in [3.63, 3.8) is 0 Å². The van der Waals surface area contributed by atoms with Gasteiger partial charge in [-0.25, -0.2) is 0 Å². The molecular weight excluding hydrogens is 274 g/mol. The Morgan fingerprint density at radius 2 is 2.15 bits per heavy atom. The smallest absolute Gasteiger partial charge is 0.234 e. The van der Waals surface area contributed by atoms with Gasteiger partial charge in [0.05, 0.1) is 0 Å². The predicted octanol–water partition coefficient (Wildman–Crippen LogP) is 1.85. The summed E-state index contributed by atoms with van der Waals surface area (Å²) in [7, 11) is 0. The normalized spacial score (nSPS) is 25.8. The number of fused-ring (bicyclic) bond motifs is 1. The zero-order valence-corrected chi connectivity index (χ0v) is 12.2. The van der Waals surface area contributed by atoms with Crippen molar-refractivity contribution in [2.45, 2.75) is 56.6 Å². The minimum absolute atomic E-state index is 0.0540. The molecule has 1 aliphatic heterocycles. The van der Waals surface area contributed by atoms with Gasteiger partial charge in [0.2, 0.25) is 4.96 Å². The molecule has 2 N–H and O–H groups in total. The van der Waals surface area contributed by atoms with E-state index in [2.05, 4.69) is 15.3 Å². The van der Waals surface area contributed by atoms with Crippen LogP contribution in [0.25, 0.3) is 4.96 Å². The molecule has 1 aliphatic carbocycles. The van der Waals surface area contributed by atoms with Gasteiger partial charge in [0.1, 0.15) is 11.1 Å². The first kappa shape index (κ1) is 12.7. The van der Waals surface area contributed by atoms with E-state index in [1.54, 1.807) is 11.3 Å². The van der Waals surface area contributed by atoms with Crippen molar-refractivity contribution < 1.29 is 4.74 Å². The second-order valence-corrected chi connectivity index (χ2v) is 7.04. The maximum atomic E-state index is 6.44. The lowest BCUT2D eigenvalue weighted by Gasteiger charge is -2.21. The molecule has 0 bridgehead atoms. The van der Waals surface area contributed by atoms with Gasteiger partial charge in [-0.3, -0.25) is 0 Å². The Balaban J connectivity index is 1.62. The van der Waals surface area contributed by atoms with Crippen LogP contribution in [0.15, 0.2) is 0 Å². The molecule has 1 atom stereocenters. The van der Waals surface area contributed by atoms with E-state index in [-0.39, 0.29) is 11.6 Å². The van der Waals surface area contributed by atoms with Gasteiger partial charge in [-0.1, -0.05) is 24.2 Å². The van der Waals surface area contributed by atoms with Crippen LogP contribution in [0.5, 0.6) is 0 Å². The largest absolute Gasteiger partial charge is 0.370 e. The molecule has 2 aromatic heterocycles. The van der Waals surface area contributed by atoms with Crippen molar-refractivity contribution in [2.24, 2.45) is 5.73 Å². The quantitative estimate of drug-likeness (QED) is 0.934. The Labute approximate surface area is 121 Å². The Bertz CT molecular complexity index is 609. The fraction of sp³-hybridized carbons (Fsp3) is 0.769. The number of nitrogens with zero attached hydrogens (tertiary/aromatic N) is 4. The highest BCUT2D eigenvalue weighted by Gasteiger charge is 2.31. The van der Waals surface area contributed by atoms with E-state index in [4.69, 9.17) is 10.5 Å². The van der Waals surface area contributed by atoms with Gasteiger partial charge in [-0.15, -0.1) is 10.2 Å². The summed E-state index contributed by atoms with van der Waals surface area (Å²) in [5.74, 6) is 0.845. The maximum absolute atomic E-state index is 6.44. The third-order valence-corrected chi connectivity index (χ3v) is 5.28. The topological polar surface area (TPSA) is 78.3 Å². The number of aromatic nitrogens is 4. The number of nitrogens with two attached hydrogens (primary N) is 1. The van der Waals surface area contributed by atoms with Crippen molar-refractivity contribution in [2.75, 3.05) is 6.61 Å². The molecule has 1 saturated carbocycles. The fourth-order valence-electron chi connectivity index (χ4n) is 3.28. The van der Waals surface area contributed by atoms with E-state index >= 15 is 0 Å². The molecule has 2 aromatic rings. The van der Waals surface area contributed by atoms with Gasteiger partial charge in [0.15, 0.2) is 5.82 Å². The van der Waals surface area contributed by atoms with Gasteiger partial charge < -0.3 is 10.5 Å². The van der Waals surface area contributed by atoms with Crippen LogP contribution in [-0.4, -0.2) is 32.0 Å². The van der Waals surface area contributed by atoms with Crippen LogP contribution in [0.2, 0.25) is 0 Å². The molecule has 4 rings (SSSR count). The third-order valence-electron chi connectivity index (χ3n) is 4.38. The van der Waals surface area contributed by atoms with Crippen LogP contribution in [0.4, 0.5) is 0 Å². The summed E-state index contributed by atoms with van der Waals surface area (Å²) in [5, 5.41) is 14.2. The minimum atomic E-state index is -0.0622. The number of ether oxygens (including phenoxy) is 1. The van der Waals surface area contributed by atoms with Gasteiger partial charge in [0.25, 0.3) is 0 Å². The van der Waals surface area contributed by atoms with Crippen LogP contribution in [0, 0.1) is 0 Å². The van der Waals surface area contributed by atoms with E-state index < -0.39 is 0 Å². The molecule has 7 heteroatoms. The average molecular weight is 293 g/mol. The van der Waals surface area contributed by atoms with Gasteiger partial charge in [-0.2, -0.15) is 9.61 Å². The van der Waals surface area contributed by atoms with E-state index in [1.165, 1.54) is 12.8 Å². The van der Waals surface area contributed by atoms with Crippen LogP contribution >= 0.6 is 11.3 Å². The molecule has 2 aliphatic rings. The van der Waals surface area contributed by atoms with Crippen LogP contribution < -0.4 is 5.73 Å². The third kappa shape index (κ3) is 2.13. The summed E-state index contributed by atoms with van der Waals surface area (Å²) < 4.78 is 7.54. The monoisotopic (exact) mass is 293 g/mol. The van der Waals surface area contributed by atoms with E-state index in [0.717, 1.165) is 54.5 Å². The Morgan fingerprint density at radius 3 is 2.90 bits per heavy atom. The highest BCUT2D eigenvalue weighted by molar-refractivity contribution is 7.16. The molecule has 0 aromatic carbocycles. The summed E-state index contributed by atoms with van der Waals surface area (Å²) in [6, 6.07) is 0. The van der Waals surface area contributed by atoms with Crippen LogP contribution in [-0.2, 0) is 11.2 Å². The second-order valence-electron chi connectivity index (χ2n) is 6.00. The molecular formula is C13H19N5OS. The summed E-state index contributed by atoms with van der Waals surface area (Å²) in [5.41, 5.74) is 6.38. The highest BCUT2D eigenvalue weighted by Crippen LogP contribution is 2.33. The first-order valence-corrected chi connectivity index (χ1v) is 8.17. The lowest BCUT2D eigenvalue weighted by molar-refractivity contribution is 0.103. The number of hydrogen-bond donors (Lipinski definition) is 1. The van der Waals surface area contributed by atoms with Crippen molar-refractivity contribution in [1.82, 2.24) is 19.8 Å². The van der Waals surface area contributed by atoms with Crippen molar-refractivity contribution in [3.8, 4) is 0 Å². The molecule has 1 saturated heterocycles. The van der Waals surface area contributed by atoms with E-state index in [1.807, 2.05) is 4.52 Å². The zero-order valence-electron chi connectivity index (χ0n) is 11.4. The molecule has 108 valence electrons. The van der Waals surface area contributed by atoms with E-state index in [0.29, 0.717) is 0 Å². The van der Waals surface area contributed by atoms with Crippen molar-refractivity contribution in [1.29, 1.82) is 0 Å². The van der Waals surface area contributed by atoms with Gasteiger partial charge in [-0.05, 0) is 25.7 Å². The molecule has 0 amide bonds. The molecule has 2 fully saturated rings. The molecule has 3 heterocycles. The zero-order chi connectivity index (χ0) is 13.6. The van der Waals surface area contributed by atoms with Crippen molar-refractivity contribution in [3.05, 3.63) is 10.8 Å². The molecule has 20 heavy (non-hydrogen) atoms. The SMILES string of the molecule is NC1(Cc2nn3c(C4CCCO4)nnc3s2)CCCC1. The number of rotatable bonds is 3. The second kappa shape index (κ2) is 4.75. The van der Waals surface area contributed by atoms with Gasteiger partial charge >= 0.3 is 0 Å². The van der Waals surface area contributed by atoms with Crippen molar-refractivity contribution >= 4 is 16.3 Å². The Morgan fingerprint density at radius 1 is 1.30 bits per heavy atom. The fourth-order valence-corrected chi connectivity index (χ4v) is 4.28. The highest BCUT2D eigenvalue weighted by atomic mass is 32.1. The Kier molecular flexibility index (Phi) is 3.01. The number of hydrogen-bond acceptors (Lipinski definition) is 6. The maximum Gasteiger partial charge on any atom is 0.234 e. The Hall–Kier alpha value is -1.05. The molecule has 1 unspecified atom stereocenters. The average Bonchev–Trinajstić information content (AvgIpc) is 3.12. The predicted molar refractivity (Wildman–Crippen MR) is 75.7 cm³/mol. The van der Waals surface area contributed by atoms with Crippen LogP contribution in [0.3, 0.4) is 0 Å². The van der Waals surface area contributed by atoms with Crippen LogP contribution in [0.1, 0.15) is 55.5 Å². The summed E-state index contributed by atoms with van der Waals surface area (Å²) in [6.07, 6.45) is 7.68. The summed E-state index contributed by atoms with van der Waals surface area (Å²) in [4.78, 5) is 0.854. The molecule has 0 spiro atoms. The standard InChI is InChI=1S/C13H19N5OS/c14-13(5-1-2-6-13)8-10-17-18-11(9-4-3-7-19-9)15-16-12(18)20-10/h9H,1-8,14H2. The van der Waals surface area contributed by atoms with E-state index in [9.17, 15) is 0 Å².